The standard InChI is InChI=1S/C17H16Cl2N2O5/c1-20(9-10-4-5-12(18)13(19)6-10)17(22)11-7-15(25-2)16(26-3)8-14(11)21(23)24/h4-8H,9H2,1-3H3. The van der Waals surface area contributed by atoms with E-state index in [-0.39, 0.29) is 29.3 Å². The molecule has 0 fully saturated rings. The lowest BCUT2D eigenvalue weighted by molar-refractivity contribution is -0.385. The predicted molar refractivity (Wildman–Crippen MR) is 98.5 cm³/mol. The maximum atomic E-state index is 12.8. The molecule has 0 saturated carbocycles. The van der Waals surface area contributed by atoms with Gasteiger partial charge in [0.15, 0.2) is 11.5 Å². The molecule has 0 N–H and O–H groups in total. The van der Waals surface area contributed by atoms with E-state index in [4.69, 9.17) is 32.7 Å². The minimum atomic E-state index is -0.637. The molecule has 0 aliphatic heterocycles. The second-order valence-electron chi connectivity index (χ2n) is 5.39. The molecule has 2 rings (SSSR count). The molecule has 7 nitrogen and oxygen atoms in total. The minimum absolute atomic E-state index is 0.102. The fraction of sp³-hybridized carbons (Fsp3) is 0.235. The lowest BCUT2D eigenvalue weighted by Crippen LogP contribution is -2.27. The summed E-state index contributed by atoms with van der Waals surface area (Å²) in [5.74, 6) is -0.143. The Morgan fingerprint density at radius 1 is 1.12 bits per heavy atom. The third kappa shape index (κ3) is 4.17. The summed E-state index contributed by atoms with van der Waals surface area (Å²) in [6.45, 7) is 0.196. The van der Waals surface area contributed by atoms with Gasteiger partial charge < -0.3 is 14.4 Å². The number of benzene rings is 2. The number of rotatable bonds is 6. The number of amides is 1. The first-order valence-electron chi connectivity index (χ1n) is 7.38. The normalized spacial score (nSPS) is 10.3. The van der Waals surface area contributed by atoms with Gasteiger partial charge in [0.25, 0.3) is 11.6 Å². The third-order valence-electron chi connectivity index (χ3n) is 3.68. The quantitative estimate of drug-likeness (QED) is 0.537. The molecule has 138 valence electrons. The number of hydrogen-bond donors (Lipinski definition) is 0. The lowest BCUT2D eigenvalue weighted by atomic mass is 10.1. The van der Waals surface area contributed by atoms with Crippen LogP contribution in [-0.2, 0) is 6.54 Å². The first-order valence-corrected chi connectivity index (χ1v) is 8.13. The number of halogens is 2. The monoisotopic (exact) mass is 398 g/mol. The SMILES string of the molecule is COc1cc(C(=O)N(C)Cc2ccc(Cl)c(Cl)c2)c([N+](=O)[O-])cc1OC. The van der Waals surface area contributed by atoms with Crippen molar-refractivity contribution >= 4 is 34.8 Å². The molecule has 0 bridgehead atoms. The molecule has 0 aromatic heterocycles. The summed E-state index contributed by atoms with van der Waals surface area (Å²) in [5, 5.41) is 12.1. The summed E-state index contributed by atoms with van der Waals surface area (Å²) >= 11 is 11.9. The van der Waals surface area contributed by atoms with Gasteiger partial charge >= 0.3 is 0 Å². The molecule has 0 aliphatic rings. The molecule has 0 spiro atoms. The highest BCUT2D eigenvalue weighted by Crippen LogP contribution is 2.35. The molecule has 0 aliphatic carbocycles. The van der Waals surface area contributed by atoms with Gasteiger partial charge in [-0.25, -0.2) is 0 Å². The molecule has 2 aromatic rings. The zero-order valence-electron chi connectivity index (χ0n) is 14.3. The van der Waals surface area contributed by atoms with Crippen molar-refractivity contribution in [2.45, 2.75) is 6.54 Å². The smallest absolute Gasteiger partial charge is 0.286 e. The number of ether oxygens (including phenoxy) is 2. The van der Waals surface area contributed by atoms with Crippen LogP contribution >= 0.6 is 23.2 Å². The van der Waals surface area contributed by atoms with Gasteiger partial charge in [0, 0.05) is 19.7 Å². The van der Waals surface area contributed by atoms with E-state index < -0.39 is 10.8 Å². The molecule has 26 heavy (non-hydrogen) atoms. The summed E-state index contributed by atoms with van der Waals surface area (Å²) in [6.07, 6.45) is 0. The van der Waals surface area contributed by atoms with Gasteiger partial charge in [0.2, 0.25) is 0 Å². The Morgan fingerprint density at radius 3 is 2.27 bits per heavy atom. The maximum absolute atomic E-state index is 12.8. The average Bonchev–Trinajstić information content (AvgIpc) is 2.62. The molecule has 0 radical (unpaired) electrons. The number of hydrogen-bond acceptors (Lipinski definition) is 5. The first-order chi connectivity index (χ1) is 12.3. The number of nitro benzene ring substituents is 1. The predicted octanol–water partition coefficient (Wildman–Crippen LogP) is 4.19. The second-order valence-corrected chi connectivity index (χ2v) is 6.21. The zero-order chi connectivity index (χ0) is 19.4. The van der Waals surface area contributed by atoms with E-state index >= 15 is 0 Å². The summed E-state index contributed by atoms with van der Waals surface area (Å²) in [5.41, 5.74) is 0.266. The lowest BCUT2D eigenvalue weighted by Gasteiger charge is -2.18. The van der Waals surface area contributed by atoms with Crippen molar-refractivity contribution in [2.24, 2.45) is 0 Å². The number of nitro groups is 1. The second kappa shape index (κ2) is 8.25. The highest BCUT2D eigenvalue weighted by molar-refractivity contribution is 6.42. The molecular weight excluding hydrogens is 383 g/mol. The summed E-state index contributed by atoms with van der Waals surface area (Å²) in [4.78, 5) is 24.8. The molecule has 1 amide bonds. The number of methoxy groups -OCH3 is 2. The fourth-order valence-corrected chi connectivity index (χ4v) is 2.70. The Hall–Kier alpha value is -2.51. The fourth-order valence-electron chi connectivity index (χ4n) is 2.38. The highest BCUT2D eigenvalue weighted by atomic mass is 35.5. The van der Waals surface area contributed by atoms with Crippen LogP contribution in [0.5, 0.6) is 11.5 Å². The summed E-state index contributed by atoms with van der Waals surface area (Å²) < 4.78 is 10.2. The van der Waals surface area contributed by atoms with Crippen molar-refractivity contribution in [3.05, 3.63) is 61.6 Å². The van der Waals surface area contributed by atoms with Gasteiger partial charge in [0.1, 0.15) is 5.56 Å². The van der Waals surface area contributed by atoms with Crippen LogP contribution in [0.15, 0.2) is 30.3 Å². The molecule has 9 heteroatoms. The molecule has 0 saturated heterocycles. The van der Waals surface area contributed by atoms with Gasteiger partial charge in [-0.3, -0.25) is 14.9 Å². The van der Waals surface area contributed by atoms with E-state index in [2.05, 4.69) is 0 Å². The van der Waals surface area contributed by atoms with Crippen LogP contribution in [0.2, 0.25) is 10.0 Å². The summed E-state index contributed by atoms with van der Waals surface area (Å²) in [7, 11) is 4.28. The molecule has 0 unspecified atom stereocenters. The van der Waals surface area contributed by atoms with Crippen LogP contribution in [0.1, 0.15) is 15.9 Å². The zero-order valence-corrected chi connectivity index (χ0v) is 15.8. The topological polar surface area (TPSA) is 81.9 Å². The van der Waals surface area contributed by atoms with E-state index in [9.17, 15) is 14.9 Å². The van der Waals surface area contributed by atoms with E-state index in [1.807, 2.05) is 0 Å². The molecular formula is C17H16Cl2N2O5. The number of nitrogens with zero attached hydrogens (tertiary/aromatic N) is 2. The van der Waals surface area contributed by atoms with Crippen molar-refractivity contribution in [1.82, 2.24) is 4.90 Å². The Bertz CT molecular complexity index is 857. The van der Waals surface area contributed by atoms with Crippen LogP contribution in [-0.4, -0.2) is 37.0 Å². The van der Waals surface area contributed by atoms with Crippen molar-refractivity contribution < 1.29 is 19.2 Å². The van der Waals surface area contributed by atoms with Crippen molar-refractivity contribution in [3.63, 3.8) is 0 Å². The first kappa shape index (κ1) is 19.8. The largest absolute Gasteiger partial charge is 0.493 e. The number of carbonyl (C=O) groups excluding carboxylic acids is 1. The molecule has 0 atom stereocenters. The maximum Gasteiger partial charge on any atom is 0.286 e. The van der Waals surface area contributed by atoms with Crippen LogP contribution in [0.25, 0.3) is 0 Å². The van der Waals surface area contributed by atoms with Gasteiger partial charge in [-0.2, -0.15) is 0 Å². The minimum Gasteiger partial charge on any atom is -0.493 e. The van der Waals surface area contributed by atoms with E-state index in [1.54, 1.807) is 18.2 Å². The van der Waals surface area contributed by atoms with Gasteiger partial charge in [-0.15, -0.1) is 0 Å². The van der Waals surface area contributed by atoms with Gasteiger partial charge in [-0.1, -0.05) is 29.3 Å². The van der Waals surface area contributed by atoms with Crippen LogP contribution in [0.4, 0.5) is 5.69 Å². The van der Waals surface area contributed by atoms with Crippen molar-refractivity contribution in [2.75, 3.05) is 21.3 Å². The van der Waals surface area contributed by atoms with Crippen LogP contribution in [0, 0.1) is 10.1 Å². The van der Waals surface area contributed by atoms with Crippen molar-refractivity contribution in [3.8, 4) is 11.5 Å². The van der Waals surface area contributed by atoms with E-state index in [0.29, 0.717) is 10.0 Å². The Morgan fingerprint density at radius 2 is 1.73 bits per heavy atom. The number of carbonyl (C=O) groups is 1. The Balaban J connectivity index is 2.37. The third-order valence-corrected chi connectivity index (χ3v) is 4.42. The Kier molecular flexibility index (Phi) is 6.28. The van der Waals surface area contributed by atoms with E-state index in [1.165, 1.54) is 38.3 Å². The summed E-state index contributed by atoms with van der Waals surface area (Å²) in [6, 6.07) is 7.44. The highest BCUT2D eigenvalue weighted by Gasteiger charge is 2.26. The average molecular weight is 399 g/mol. The van der Waals surface area contributed by atoms with Crippen LogP contribution < -0.4 is 9.47 Å². The van der Waals surface area contributed by atoms with Gasteiger partial charge in [0.05, 0.1) is 35.3 Å². The van der Waals surface area contributed by atoms with Gasteiger partial charge in [-0.05, 0) is 17.7 Å². The Labute approximate surface area is 160 Å². The van der Waals surface area contributed by atoms with Crippen molar-refractivity contribution in [1.29, 1.82) is 0 Å². The van der Waals surface area contributed by atoms with Crippen LogP contribution in [0.3, 0.4) is 0 Å². The molecule has 2 aromatic carbocycles. The molecule has 0 heterocycles. The van der Waals surface area contributed by atoms with E-state index in [0.717, 1.165) is 5.56 Å².